The number of rotatable bonds is 0. The minimum absolute atomic E-state index is 0.207. The van der Waals surface area contributed by atoms with Crippen LogP contribution in [0.3, 0.4) is 0 Å². The number of ether oxygens (including phenoxy) is 1. The first-order chi connectivity index (χ1) is 4.22. The fourth-order valence-corrected chi connectivity index (χ4v) is 0.962. The first kappa shape index (κ1) is 6.62. The Morgan fingerprint density at radius 3 is 2.89 bits per heavy atom. The van der Waals surface area contributed by atoms with Crippen molar-refractivity contribution in [1.82, 2.24) is 0 Å². The average Bonchev–Trinajstić information content (AvgIpc) is 1.83. The van der Waals surface area contributed by atoms with Gasteiger partial charge in [-0.15, -0.1) is 0 Å². The van der Waals surface area contributed by atoms with Crippen molar-refractivity contribution >= 4 is 0 Å². The zero-order valence-electron chi connectivity index (χ0n) is 5.92. The Kier molecular flexibility index (Phi) is 1.76. The highest BCUT2D eigenvalue weighted by Crippen LogP contribution is 2.15. The maximum Gasteiger partial charge on any atom is 0.0916 e. The third kappa shape index (κ3) is 1.24. The summed E-state index contributed by atoms with van der Waals surface area (Å²) < 4.78 is 5.12. The minimum atomic E-state index is 0.207. The van der Waals surface area contributed by atoms with E-state index >= 15 is 0 Å². The molecule has 1 aliphatic rings. The highest BCUT2D eigenvalue weighted by Gasteiger charge is 2.18. The molecule has 2 atom stereocenters. The molecule has 2 heteroatoms. The van der Waals surface area contributed by atoms with Gasteiger partial charge in [-0.2, -0.15) is 0 Å². The third-order valence-electron chi connectivity index (χ3n) is 1.77. The molecular weight excluding hydrogens is 114 g/mol. The molecule has 1 heterocycles. The first-order valence-electron chi connectivity index (χ1n) is 3.25. The van der Waals surface area contributed by atoms with E-state index in [2.05, 4.69) is 6.92 Å². The van der Waals surface area contributed by atoms with Crippen LogP contribution in [0.1, 0.15) is 13.8 Å². The van der Waals surface area contributed by atoms with E-state index in [1.54, 1.807) is 6.26 Å². The maximum absolute atomic E-state index is 5.77. The van der Waals surface area contributed by atoms with Gasteiger partial charge in [-0.1, -0.05) is 6.92 Å². The van der Waals surface area contributed by atoms with Crippen LogP contribution in [-0.2, 0) is 4.74 Å². The Balaban J connectivity index is 2.62. The molecular formula is C7H13NO. The Morgan fingerprint density at radius 2 is 2.44 bits per heavy atom. The van der Waals surface area contributed by atoms with Gasteiger partial charge in [0.25, 0.3) is 0 Å². The van der Waals surface area contributed by atoms with Gasteiger partial charge in [0.2, 0.25) is 0 Å². The van der Waals surface area contributed by atoms with E-state index in [1.165, 1.54) is 0 Å². The van der Waals surface area contributed by atoms with Crippen LogP contribution in [0.5, 0.6) is 0 Å². The van der Waals surface area contributed by atoms with Crippen LogP contribution in [0, 0.1) is 5.92 Å². The van der Waals surface area contributed by atoms with Crippen molar-refractivity contribution in [3.8, 4) is 0 Å². The molecule has 0 aromatic rings. The summed E-state index contributed by atoms with van der Waals surface area (Å²) in [5, 5.41) is 0. The van der Waals surface area contributed by atoms with Gasteiger partial charge in [0, 0.05) is 12.0 Å². The summed E-state index contributed by atoms with van der Waals surface area (Å²) in [5.41, 5.74) is 6.92. The molecule has 1 aliphatic heterocycles. The van der Waals surface area contributed by atoms with Crippen LogP contribution in [0.4, 0.5) is 0 Å². The van der Waals surface area contributed by atoms with Crippen LogP contribution in [0.15, 0.2) is 11.8 Å². The van der Waals surface area contributed by atoms with E-state index in [1.807, 2.05) is 6.92 Å². The number of hydrogen-bond donors (Lipinski definition) is 1. The summed E-state index contributed by atoms with van der Waals surface area (Å²) in [5.74, 6) is 0.468. The van der Waals surface area contributed by atoms with Crippen LogP contribution in [-0.4, -0.2) is 12.6 Å². The van der Waals surface area contributed by atoms with Crippen molar-refractivity contribution in [2.45, 2.75) is 19.9 Å². The summed E-state index contributed by atoms with van der Waals surface area (Å²) in [4.78, 5) is 0. The van der Waals surface area contributed by atoms with Crippen molar-refractivity contribution in [2.24, 2.45) is 11.7 Å². The van der Waals surface area contributed by atoms with E-state index in [0.717, 1.165) is 12.2 Å². The van der Waals surface area contributed by atoms with Gasteiger partial charge >= 0.3 is 0 Å². The predicted molar refractivity (Wildman–Crippen MR) is 36.8 cm³/mol. The van der Waals surface area contributed by atoms with Crippen LogP contribution in [0.25, 0.3) is 0 Å². The van der Waals surface area contributed by atoms with Gasteiger partial charge in [0.15, 0.2) is 0 Å². The van der Waals surface area contributed by atoms with Gasteiger partial charge in [-0.25, -0.2) is 0 Å². The summed E-state index contributed by atoms with van der Waals surface area (Å²) in [7, 11) is 0. The molecule has 0 amide bonds. The van der Waals surface area contributed by atoms with Crippen molar-refractivity contribution in [1.29, 1.82) is 0 Å². The van der Waals surface area contributed by atoms with Crippen LogP contribution >= 0.6 is 0 Å². The molecule has 0 fully saturated rings. The molecule has 0 saturated carbocycles. The van der Waals surface area contributed by atoms with E-state index < -0.39 is 0 Å². The molecule has 0 saturated heterocycles. The Labute approximate surface area is 55.7 Å². The second-order valence-electron chi connectivity index (χ2n) is 2.70. The van der Waals surface area contributed by atoms with E-state index in [9.17, 15) is 0 Å². The van der Waals surface area contributed by atoms with Gasteiger partial charge in [-0.05, 0) is 12.5 Å². The quantitative estimate of drug-likeness (QED) is 0.524. The topological polar surface area (TPSA) is 35.2 Å². The Hall–Kier alpha value is -0.500. The zero-order chi connectivity index (χ0) is 6.85. The molecule has 0 aromatic carbocycles. The lowest BCUT2D eigenvalue weighted by Crippen LogP contribution is -2.34. The number of nitrogens with two attached hydrogens (primary N) is 1. The molecule has 2 N–H and O–H groups in total. The summed E-state index contributed by atoms with van der Waals surface area (Å²) >= 11 is 0. The van der Waals surface area contributed by atoms with Crippen molar-refractivity contribution in [3.63, 3.8) is 0 Å². The third-order valence-corrected chi connectivity index (χ3v) is 1.77. The predicted octanol–water partition coefficient (Wildman–Crippen LogP) is 0.884. The first-order valence-corrected chi connectivity index (χ1v) is 3.25. The van der Waals surface area contributed by atoms with E-state index in [0.29, 0.717) is 5.92 Å². The van der Waals surface area contributed by atoms with Gasteiger partial charge in [0.05, 0.1) is 12.9 Å². The molecule has 0 spiro atoms. The minimum Gasteiger partial charge on any atom is -0.501 e. The molecule has 1 rings (SSSR count). The average molecular weight is 127 g/mol. The lowest BCUT2D eigenvalue weighted by atomic mass is 9.96. The van der Waals surface area contributed by atoms with Gasteiger partial charge < -0.3 is 10.5 Å². The van der Waals surface area contributed by atoms with E-state index in [4.69, 9.17) is 10.5 Å². The summed E-state index contributed by atoms with van der Waals surface area (Å²) in [6.07, 6.45) is 1.75. The summed E-state index contributed by atoms with van der Waals surface area (Å²) in [6, 6.07) is 0.207. The van der Waals surface area contributed by atoms with Gasteiger partial charge in [0.1, 0.15) is 0 Å². The number of hydrogen-bond acceptors (Lipinski definition) is 2. The maximum atomic E-state index is 5.77. The largest absolute Gasteiger partial charge is 0.501 e. The molecule has 0 bridgehead atoms. The molecule has 52 valence electrons. The zero-order valence-corrected chi connectivity index (χ0v) is 5.92. The van der Waals surface area contributed by atoms with Crippen molar-refractivity contribution < 1.29 is 4.74 Å². The molecule has 9 heavy (non-hydrogen) atoms. The Bertz CT molecular complexity index is 131. The summed E-state index contributed by atoms with van der Waals surface area (Å²) in [6.45, 7) is 4.86. The second-order valence-corrected chi connectivity index (χ2v) is 2.70. The molecule has 2 nitrogen and oxygen atoms in total. The lowest BCUT2D eigenvalue weighted by Gasteiger charge is -2.24. The van der Waals surface area contributed by atoms with Crippen LogP contribution in [0.2, 0.25) is 0 Å². The molecule has 0 aromatic heterocycles. The molecule has 2 unspecified atom stereocenters. The van der Waals surface area contributed by atoms with Gasteiger partial charge in [-0.3, -0.25) is 0 Å². The normalized spacial score (nSPS) is 35.2. The van der Waals surface area contributed by atoms with Crippen molar-refractivity contribution in [3.05, 3.63) is 11.8 Å². The highest BCUT2D eigenvalue weighted by atomic mass is 16.5. The SMILES string of the molecule is CC1=COCC(C)C1N. The fourth-order valence-electron chi connectivity index (χ4n) is 0.962. The van der Waals surface area contributed by atoms with E-state index in [-0.39, 0.29) is 6.04 Å². The Morgan fingerprint density at radius 1 is 1.78 bits per heavy atom. The standard InChI is InChI=1S/C7H13NO/c1-5-3-9-4-6(2)7(5)8/h3,6-7H,4,8H2,1-2H3. The van der Waals surface area contributed by atoms with Crippen molar-refractivity contribution in [2.75, 3.05) is 6.61 Å². The fraction of sp³-hybridized carbons (Fsp3) is 0.714. The second kappa shape index (κ2) is 2.40. The molecule has 0 aliphatic carbocycles. The van der Waals surface area contributed by atoms with Crippen LogP contribution < -0.4 is 5.73 Å². The highest BCUT2D eigenvalue weighted by molar-refractivity contribution is 5.07. The lowest BCUT2D eigenvalue weighted by molar-refractivity contribution is 0.168. The molecule has 0 radical (unpaired) electrons. The monoisotopic (exact) mass is 127 g/mol. The smallest absolute Gasteiger partial charge is 0.0916 e.